The molecule has 1 saturated heterocycles. The van der Waals surface area contributed by atoms with Crippen molar-refractivity contribution in [3.8, 4) is 5.75 Å². The number of amides is 1. The van der Waals surface area contributed by atoms with Gasteiger partial charge in [-0.15, -0.1) is 0 Å². The Morgan fingerprint density at radius 3 is 2.48 bits per heavy atom. The third-order valence-electron chi connectivity index (χ3n) is 7.23. The average molecular weight is 467 g/mol. The van der Waals surface area contributed by atoms with Gasteiger partial charge in [0.2, 0.25) is 0 Å². The molecule has 3 aliphatic rings. The number of carbonyl (C=O) groups excluding carboxylic acids is 1. The molecule has 2 aliphatic heterocycles. The molecule has 2 aromatic rings. The summed E-state index contributed by atoms with van der Waals surface area (Å²) >= 11 is 6.55. The Kier molecular flexibility index (Phi) is 6.30. The molecular formula is C26H31ClN4O2. The number of nitrogens with zero attached hydrogens (tertiary/aromatic N) is 3. The van der Waals surface area contributed by atoms with E-state index in [0.29, 0.717) is 29.2 Å². The molecule has 0 aromatic heterocycles. The van der Waals surface area contributed by atoms with Gasteiger partial charge in [0, 0.05) is 19.0 Å². The highest BCUT2D eigenvalue weighted by atomic mass is 35.5. The number of anilines is 1. The summed E-state index contributed by atoms with van der Waals surface area (Å²) < 4.78 is 5.61. The van der Waals surface area contributed by atoms with Gasteiger partial charge in [0.25, 0.3) is 5.91 Å². The van der Waals surface area contributed by atoms with Crippen LogP contribution in [0.25, 0.3) is 0 Å². The fourth-order valence-electron chi connectivity index (χ4n) is 5.61. The van der Waals surface area contributed by atoms with E-state index in [0.717, 1.165) is 30.1 Å². The van der Waals surface area contributed by atoms with Crippen LogP contribution in [0.5, 0.6) is 5.75 Å². The molecule has 2 unspecified atom stereocenters. The number of nitrogens with one attached hydrogen (secondary N) is 1. The second-order valence-corrected chi connectivity index (χ2v) is 9.72. The molecule has 5 rings (SSSR count). The van der Waals surface area contributed by atoms with Crippen LogP contribution in [0, 0.1) is 17.8 Å². The topological polar surface area (TPSA) is 57.2 Å². The largest absolute Gasteiger partial charge is 0.494 e. The molecule has 1 aliphatic carbocycles. The van der Waals surface area contributed by atoms with Gasteiger partial charge in [0.05, 0.1) is 23.4 Å². The van der Waals surface area contributed by atoms with E-state index in [9.17, 15) is 4.79 Å². The van der Waals surface area contributed by atoms with Crippen LogP contribution in [-0.2, 0) is 4.79 Å². The number of carbonyl (C=O) groups is 1. The molecule has 7 heteroatoms. The standard InChI is InChI=1S/C26H31ClN4O2/c1-3-33-21-13-11-18(12-14-21)25-17(2)24(28-31(25)23-10-5-4-9-22(23)27)26(32)29-30-15-19-7-6-8-20(19)16-30/h4-5,9-14,17,19-20,25H,3,6-8,15-16H2,1-2H3,(H,29,32)/t17-,19?,20?,25+/m1/s1. The number of fused-ring (bicyclic) bond motifs is 1. The lowest BCUT2D eigenvalue weighted by Crippen LogP contribution is -2.45. The second kappa shape index (κ2) is 9.35. The molecule has 2 fully saturated rings. The summed E-state index contributed by atoms with van der Waals surface area (Å²) in [6.07, 6.45) is 3.86. The zero-order valence-electron chi connectivity index (χ0n) is 19.2. The SMILES string of the molecule is CCOc1ccc([C@@H]2[C@H](C)C(C(=O)NN3CC4CCCC4C3)=NN2c2ccccc2Cl)cc1. The predicted molar refractivity (Wildman–Crippen MR) is 131 cm³/mol. The monoisotopic (exact) mass is 466 g/mol. The van der Waals surface area contributed by atoms with Crippen molar-refractivity contribution in [2.45, 2.75) is 39.2 Å². The Bertz CT molecular complexity index is 1030. The van der Waals surface area contributed by atoms with Crippen molar-refractivity contribution in [1.82, 2.24) is 10.4 Å². The van der Waals surface area contributed by atoms with Gasteiger partial charge >= 0.3 is 0 Å². The van der Waals surface area contributed by atoms with E-state index in [4.69, 9.17) is 21.4 Å². The first-order chi connectivity index (χ1) is 16.0. The lowest BCUT2D eigenvalue weighted by atomic mass is 9.91. The van der Waals surface area contributed by atoms with Crippen LogP contribution in [0.4, 0.5) is 5.69 Å². The van der Waals surface area contributed by atoms with Gasteiger partial charge in [0.1, 0.15) is 11.5 Å². The Balaban J connectivity index is 1.41. The number of benzene rings is 2. The van der Waals surface area contributed by atoms with Crippen molar-refractivity contribution < 1.29 is 9.53 Å². The van der Waals surface area contributed by atoms with E-state index < -0.39 is 0 Å². The highest BCUT2D eigenvalue weighted by Gasteiger charge is 2.42. The van der Waals surface area contributed by atoms with E-state index in [2.05, 4.69) is 17.4 Å². The number of halogens is 1. The highest BCUT2D eigenvalue weighted by Crippen LogP contribution is 2.42. The highest BCUT2D eigenvalue weighted by molar-refractivity contribution is 6.40. The normalized spacial score (nSPS) is 26.9. The van der Waals surface area contributed by atoms with Crippen molar-refractivity contribution >= 4 is 28.9 Å². The first-order valence-electron chi connectivity index (χ1n) is 12.0. The molecule has 0 bridgehead atoms. The first-order valence-corrected chi connectivity index (χ1v) is 12.3. The number of hydrogen-bond donors (Lipinski definition) is 1. The van der Waals surface area contributed by atoms with Crippen molar-refractivity contribution in [3.05, 3.63) is 59.1 Å². The van der Waals surface area contributed by atoms with E-state index in [1.165, 1.54) is 19.3 Å². The molecule has 2 heterocycles. The quantitative estimate of drug-likeness (QED) is 0.646. The van der Waals surface area contributed by atoms with Gasteiger partial charge in [-0.1, -0.05) is 49.2 Å². The Morgan fingerprint density at radius 2 is 1.82 bits per heavy atom. The van der Waals surface area contributed by atoms with E-state index in [1.807, 2.05) is 60.5 Å². The third kappa shape index (κ3) is 4.34. The summed E-state index contributed by atoms with van der Waals surface area (Å²) in [5.41, 5.74) is 5.54. The van der Waals surface area contributed by atoms with Gasteiger partial charge in [-0.3, -0.25) is 15.2 Å². The van der Waals surface area contributed by atoms with Gasteiger partial charge in [-0.25, -0.2) is 5.01 Å². The van der Waals surface area contributed by atoms with E-state index in [1.54, 1.807) is 0 Å². The molecule has 0 radical (unpaired) electrons. The summed E-state index contributed by atoms with van der Waals surface area (Å²) in [5.74, 6) is 2.03. The number of hydrazine groups is 1. The molecule has 2 aromatic carbocycles. The average Bonchev–Trinajstić information content (AvgIpc) is 3.48. The van der Waals surface area contributed by atoms with Gasteiger partial charge in [-0.2, -0.15) is 5.10 Å². The maximum atomic E-state index is 13.3. The summed E-state index contributed by atoms with van der Waals surface area (Å²) in [6.45, 7) is 6.53. The van der Waals surface area contributed by atoms with E-state index in [-0.39, 0.29) is 17.9 Å². The number of rotatable bonds is 6. The van der Waals surface area contributed by atoms with E-state index >= 15 is 0 Å². The molecule has 174 valence electrons. The zero-order valence-corrected chi connectivity index (χ0v) is 20.0. The van der Waals surface area contributed by atoms with Crippen molar-refractivity contribution in [1.29, 1.82) is 0 Å². The molecule has 4 atom stereocenters. The van der Waals surface area contributed by atoms with Crippen LogP contribution in [0.2, 0.25) is 5.02 Å². The van der Waals surface area contributed by atoms with Gasteiger partial charge < -0.3 is 4.74 Å². The summed E-state index contributed by atoms with van der Waals surface area (Å²) in [4.78, 5) is 13.3. The maximum absolute atomic E-state index is 13.3. The Labute approximate surface area is 200 Å². The summed E-state index contributed by atoms with van der Waals surface area (Å²) in [5, 5.41) is 9.43. The predicted octanol–water partition coefficient (Wildman–Crippen LogP) is 5.06. The van der Waals surface area contributed by atoms with Crippen LogP contribution in [-0.4, -0.2) is 36.3 Å². The van der Waals surface area contributed by atoms with Crippen LogP contribution in [0.3, 0.4) is 0 Å². The molecule has 1 amide bonds. The fraction of sp³-hybridized carbons (Fsp3) is 0.462. The van der Waals surface area contributed by atoms with Crippen molar-refractivity contribution in [3.63, 3.8) is 0 Å². The number of para-hydroxylation sites is 1. The number of hydrazone groups is 1. The van der Waals surface area contributed by atoms with Crippen molar-refractivity contribution in [2.24, 2.45) is 22.9 Å². The minimum atomic E-state index is -0.140. The zero-order chi connectivity index (χ0) is 22.9. The van der Waals surface area contributed by atoms with Crippen LogP contribution < -0.4 is 15.2 Å². The molecule has 0 spiro atoms. The van der Waals surface area contributed by atoms with Crippen LogP contribution >= 0.6 is 11.6 Å². The minimum absolute atomic E-state index is 0.110. The second-order valence-electron chi connectivity index (χ2n) is 9.31. The van der Waals surface area contributed by atoms with Crippen LogP contribution in [0.15, 0.2) is 53.6 Å². The minimum Gasteiger partial charge on any atom is -0.494 e. The molecular weight excluding hydrogens is 436 g/mol. The Hall–Kier alpha value is -2.57. The third-order valence-corrected chi connectivity index (χ3v) is 7.55. The smallest absolute Gasteiger partial charge is 0.282 e. The lowest BCUT2D eigenvalue weighted by molar-refractivity contribution is -0.119. The lowest BCUT2D eigenvalue weighted by Gasteiger charge is -2.27. The number of ether oxygens (including phenoxy) is 1. The molecule has 1 N–H and O–H groups in total. The molecule has 1 saturated carbocycles. The first kappa shape index (κ1) is 22.2. The molecule has 6 nitrogen and oxygen atoms in total. The number of hydrogen-bond acceptors (Lipinski definition) is 5. The van der Waals surface area contributed by atoms with Gasteiger partial charge in [-0.05, 0) is 61.4 Å². The summed E-state index contributed by atoms with van der Waals surface area (Å²) in [7, 11) is 0. The summed E-state index contributed by atoms with van der Waals surface area (Å²) in [6, 6.07) is 15.5. The maximum Gasteiger partial charge on any atom is 0.282 e. The molecule has 33 heavy (non-hydrogen) atoms. The van der Waals surface area contributed by atoms with Crippen LogP contribution in [0.1, 0.15) is 44.7 Å². The van der Waals surface area contributed by atoms with Crippen molar-refractivity contribution in [2.75, 3.05) is 24.7 Å². The fourth-order valence-corrected chi connectivity index (χ4v) is 5.83. The Morgan fingerprint density at radius 1 is 1.12 bits per heavy atom. The van der Waals surface area contributed by atoms with Gasteiger partial charge in [0.15, 0.2) is 0 Å².